The number of hydrogen-bond acceptors (Lipinski definition) is 0. The normalized spacial score (nSPS) is 10.4. The van der Waals surface area contributed by atoms with Crippen molar-refractivity contribution in [2.24, 2.45) is 0 Å². The molecule has 0 aliphatic rings. The summed E-state index contributed by atoms with van der Waals surface area (Å²) in [5.74, 6) is 0. The second kappa shape index (κ2) is 7.74. The zero-order chi connectivity index (χ0) is 11.8. The fourth-order valence-electron chi connectivity index (χ4n) is 1.55. The molecule has 0 N–H and O–H groups in total. The molecule has 0 fully saturated rings. The van der Waals surface area contributed by atoms with Gasteiger partial charge in [0.05, 0.1) is 0 Å². The van der Waals surface area contributed by atoms with Gasteiger partial charge in [-0.2, -0.15) is 0 Å². The summed E-state index contributed by atoms with van der Waals surface area (Å²) in [6.07, 6.45) is 1.41. The summed E-state index contributed by atoms with van der Waals surface area (Å²) in [7, 11) is 0. The second-order valence-electron chi connectivity index (χ2n) is 3.79. The van der Waals surface area contributed by atoms with Crippen LogP contribution in [0, 0.1) is 0 Å². The quantitative estimate of drug-likeness (QED) is 0.547. The van der Waals surface area contributed by atoms with E-state index in [1.54, 1.807) is 8.92 Å². The summed E-state index contributed by atoms with van der Waals surface area (Å²) >= 11 is 0.806. The summed E-state index contributed by atoms with van der Waals surface area (Å²) in [6, 6.07) is 21.9. The Morgan fingerprint density at radius 1 is 0.588 bits per heavy atom. The molecule has 17 heavy (non-hydrogen) atoms. The van der Waals surface area contributed by atoms with Crippen LogP contribution >= 0.6 is 0 Å². The molecule has 0 spiro atoms. The molecule has 0 saturated heterocycles. The van der Waals surface area contributed by atoms with Crippen LogP contribution < -0.4 is 8.92 Å². The summed E-state index contributed by atoms with van der Waals surface area (Å²) < 4.78 is 3.14. The van der Waals surface area contributed by atoms with Crippen molar-refractivity contribution in [3.63, 3.8) is 0 Å². The third kappa shape index (κ3) is 5.10. The molecule has 90 valence electrons. The van der Waals surface area contributed by atoms with Crippen molar-refractivity contribution >= 4 is 38.8 Å². The molecule has 2 radical (unpaired) electrons. The number of benzene rings is 2. The van der Waals surface area contributed by atoms with Gasteiger partial charge in [-0.15, -0.1) is 0 Å². The predicted molar refractivity (Wildman–Crippen MR) is 80.7 cm³/mol. The van der Waals surface area contributed by atoms with Crippen molar-refractivity contribution in [2.75, 3.05) is 0 Å². The van der Waals surface area contributed by atoms with Gasteiger partial charge in [-0.1, -0.05) is 0 Å². The molecule has 2 heteroatoms. The van der Waals surface area contributed by atoms with Gasteiger partial charge in [0, 0.05) is 0 Å². The van der Waals surface area contributed by atoms with Crippen LogP contribution in [0.1, 0.15) is 6.42 Å². The van der Waals surface area contributed by atoms with E-state index in [0.29, 0.717) is 29.9 Å². The Hall–Kier alpha value is -0.521. The van der Waals surface area contributed by atoms with E-state index in [2.05, 4.69) is 60.7 Å². The van der Waals surface area contributed by atoms with Gasteiger partial charge in [0.25, 0.3) is 0 Å². The molecule has 0 bridgehead atoms. The van der Waals surface area contributed by atoms with Crippen molar-refractivity contribution in [1.82, 2.24) is 0 Å². The standard InChI is InChI=1S/C15H18Se2/c1-3-8-14(9-4-1)16-12-7-13-17-15-10-5-2-6-11-15/h1-6,8-11,16-17H,7,12-13H2. The van der Waals surface area contributed by atoms with Gasteiger partial charge in [-0.3, -0.25) is 0 Å². The fourth-order valence-corrected chi connectivity index (χ4v) is 6.75. The van der Waals surface area contributed by atoms with Gasteiger partial charge in [0.15, 0.2) is 0 Å². The van der Waals surface area contributed by atoms with E-state index in [4.69, 9.17) is 0 Å². The van der Waals surface area contributed by atoms with Gasteiger partial charge in [0.1, 0.15) is 0 Å². The van der Waals surface area contributed by atoms with Crippen LogP contribution in [0.25, 0.3) is 0 Å². The topological polar surface area (TPSA) is 0 Å². The zero-order valence-corrected chi connectivity index (χ0v) is 13.5. The summed E-state index contributed by atoms with van der Waals surface area (Å²) in [4.78, 5) is 0. The maximum absolute atomic E-state index is 2.27. The molecule has 2 aromatic carbocycles. The summed E-state index contributed by atoms with van der Waals surface area (Å²) in [6.45, 7) is 0. The summed E-state index contributed by atoms with van der Waals surface area (Å²) in [5, 5.41) is 2.84. The molecule has 0 atom stereocenters. The molecule has 0 heterocycles. The van der Waals surface area contributed by atoms with E-state index >= 15 is 0 Å². The third-order valence-electron chi connectivity index (χ3n) is 2.42. The Kier molecular flexibility index (Phi) is 5.88. The van der Waals surface area contributed by atoms with Crippen LogP contribution in [0.4, 0.5) is 0 Å². The van der Waals surface area contributed by atoms with Crippen LogP contribution in [-0.4, -0.2) is 29.9 Å². The van der Waals surface area contributed by atoms with Crippen molar-refractivity contribution < 1.29 is 0 Å². The molecule has 0 aliphatic heterocycles. The molecule has 0 aliphatic carbocycles. The predicted octanol–water partition coefficient (Wildman–Crippen LogP) is 1.74. The van der Waals surface area contributed by atoms with Gasteiger partial charge < -0.3 is 0 Å². The molecule has 0 aromatic heterocycles. The minimum atomic E-state index is 0.403. The molecule has 2 rings (SSSR count). The Balaban J connectivity index is 1.61. The first kappa shape index (κ1) is 12.9. The van der Waals surface area contributed by atoms with Crippen LogP contribution in [0.15, 0.2) is 60.7 Å². The zero-order valence-electron chi connectivity index (χ0n) is 9.79. The molecule has 2 aromatic rings. The number of rotatable bonds is 6. The van der Waals surface area contributed by atoms with Gasteiger partial charge in [-0.05, 0) is 0 Å². The van der Waals surface area contributed by atoms with Crippen molar-refractivity contribution in [2.45, 2.75) is 17.1 Å². The summed E-state index contributed by atoms with van der Waals surface area (Å²) in [5.41, 5.74) is 0. The average Bonchev–Trinajstić information content (AvgIpc) is 2.41. The average molecular weight is 356 g/mol. The van der Waals surface area contributed by atoms with E-state index in [0.717, 1.165) is 0 Å². The van der Waals surface area contributed by atoms with E-state index in [1.165, 1.54) is 17.1 Å². The van der Waals surface area contributed by atoms with Crippen LogP contribution in [0.3, 0.4) is 0 Å². The van der Waals surface area contributed by atoms with E-state index in [-0.39, 0.29) is 0 Å². The maximum atomic E-state index is 2.27. The molecule has 0 saturated carbocycles. The Labute approximate surface area is 116 Å². The van der Waals surface area contributed by atoms with E-state index < -0.39 is 0 Å². The van der Waals surface area contributed by atoms with Gasteiger partial charge >= 0.3 is 117 Å². The Morgan fingerprint density at radius 3 is 1.41 bits per heavy atom. The molecular formula is C15H18Se2. The first-order valence-electron chi connectivity index (χ1n) is 5.90. The monoisotopic (exact) mass is 358 g/mol. The molecule has 0 unspecified atom stereocenters. The second-order valence-corrected chi connectivity index (χ2v) is 9.16. The minimum absolute atomic E-state index is 0.403. The fraction of sp³-hybridized carbons (Fsp3) is 0.200. The van der Waals surface area contributed by atoms with E-state index in [9.17, 15) is 0 Å². The van der Waals surface area contributed by atoms with Crippen molar-refractivity contribution in [3.8, 4) is 0 Å². The SMILES string of the molecule is c1ccc([SeH]CCC[SeH]c2ccccc2)cc1. The van der Waals surface area contributed by atoms with Gasteiger partial charge in [-0.25, -0.2) is 0 Å². The van der Waals surface area contributed by atoms with Gasteiger partial charge in [0.2, 0.25) is 0 Å². The molecule has 0 nitrogen and oxygen atoms in total. The molecular weight excluding hydrogens is 338 g/mol. The van der Waals surface area contributed by atoms with Crippen LogP contribution in [-0.2, 0) is 0 Å². The first-order chi connectivity index (χ1) is 8.45. The molecule has 0 amide bonds. The van der Waals surface area contributed by atoms with Crippen LogP contribution in [0.5, 0.6) is 0 Å². The van der Waals surface area contributed by atoms with Crippen molar-refractivity contribution in [3.05, 3.63) is 60.7 Å². The van der Waals surface area contributed by atoms with Crippen molar-refractivity contribution in [1.29, 1.82) is 0 Å². The Bertz CT molecular complexity index is 370. The third-order valence-corrected chi connectivity index (χ3v) is 7.47. The van der Waals surface area contributed by atoms with Crippen LogP contribution in [0.2, 0.25) is 10.6 Å². The number of hydrogen-bond donors (Lipinski definition) is 0. The first-order valence-corrected chi connectivity index (χ1v) is 10.4. The Morgan fingerprint density at radius 2 is 1.00 bits per heavy atom. The van der Waals surface area contributed by atoms with E-state index in [1.807, 2.05) is 0 Å².